The molecule has 1 unspecified atom stereocenters. The van der Waals surface area contributed by atoms with Crippen molar-refractivity contribution >= 4 is 50.7 Å². The quantitative estimate of drug-likeness (QED) is 0.540. The normalized spacial score (nSPS) is 17.3. The van der Waals surface area contributed by atoms with Gasteiger partial charge in [0, 0.05) is 23.1 Å². The molecule has 1 amide bonds. The molecule has 1 saturated heterocycles. The zero-order chi connectivity index (χ0) is 22.4. The van der Waals surface area contributed by atoms with Crippen molar-refractivity contribution in [3.8, 4) is 5.75 Å². The van der Waals surface area contributed by atoms with Crippen molar-refractivity contribution in [3.05, 3.63) is 63.1 Å². The number of piperidine rings is 1. The fraction of sp³-hybridized carbons (Fsp3) is 0.381. The third kappa shape index (κ3) is 6.73. The number of nitrogens with zero attached hydrogens (tertiary/aromatic N) is 1. The minimum atomic E-state index is -3.62. The maximum Gasteiger partial charge on any atom is 0.224 e. The van der Waals surface area contributed by atoms with Crippen LogP contribution in [-0.4, -0.2) is 44.9 Å². The van der Waals surface area contributed by atoms with Crippen LogP contribution in [0, 0.1) is 5.92 Å². The van der Waals surface area contributed by atoms with Crippen LogP contribution in [0.5, 0.6) is 5.75 Å². The molecule has 0 spiro atoms. The molecule has 31 heavy (non-hydrogen) atoms. The Morgan fingerprint density at radius 2 is 1.90 bits per heavy atom. The van der Waals surface area contributed by atoms with Crippen LogP contribution in [0.3, 0.4) is 0 Å². The molecule has 0 radical (unpaired) electrons. The van der Waals surface area contributed by atoms with E-state index in [-0.39, 0.29) is 24.8 Å². The molecule has 2 aromatic rings. The van der Waals surface area contributed by atoms with E-state index in [4.69, 9.17) is 39.5 Å². The van der Waals surface area contributed by atoms with Gasteiger partial charge in [-0.25, -0.2) is 12.7 Å². The molecule has 3 rings (SSSR count). The van der Waals surface area contributed by atoms with Gasteiger partial charge < -0.3 is 10.1 Å². The minimum Gasteiger partial charge on any atom is -0.490 e. The molecule has 1 fully saturated rings. The number of hydrogen-bond acceptors (Lipinski definition) is 4. The maximum absolute atomic E-state index is 12.9. The summed E-state index contributed by atoms with van der Waals surface area (Å²) in [6, 6.07) is 11.8. The number of para-hydroxylation sites is 1. The predicted molar refractivity (Wildman–Crippen MR) is 123 cm³/mol. The van der Waals surface area contributed by atoms with Gasteiger partial charge in [0.05, 0.1) is 23.2 Å². The average molecular weight is 506 g/mol. The SMILES string of the molecule is O=C(NCCOc1ccccc1Cl)C1CCCN(S(=O)(=O)Cc2ccc(Cl)cc2Cl)C1. The van der Waals surface area contributed by atoms with Gasteiger partial charge in [0.1, 0.15) is 12.4 Å². The first kappa shape index (κ1) is 24.1. The van der Waals surface area contributed by atoms with Crippen LogP contribution in [0.15, 0.2) is 42.5 Å². The van der Waals surface area contributed by atoms with Gasteiger partial charge in [-0.3, -0.25) is 4.79 Å². The van der Waals surface area contributed by atoms with Gasteiger partial charge in [0.25, 0.3) is 0 Å². The Balaban J connectivity index is 1.51. The van der Waals surface area contributed by atoms with E-state index in [1.165, 1.54) is 10.4 Å². The summed E-state index contributed by atoms with van der Waals surface area (Å²) in [6.07, 6.45) is 1.24. The van der Waals surface area contributed by atoms with Crippen molar-refractivity contribution in [2.75, 3.05) is 26.2 Å². The monoisotopic (exact) mass is 504 g/mol. The van der Waals surface area contributed by atoms with Gasteiger partial charge >= 0.3 is 0 Å². The molecular formula is C21H23Cl3N2O4S. The molecule has 1 N–H and O–H groups in total. The fourth-order valence-electron chi connectivity index (χ4n) is 3.38. The highest BCUT2D eigenvalue weighted by molar-refractivity contribution is 7.88. The summed E-state index contributed by atoms with van der Waals surface area (Å²) in [4.78, 5) is 12.5. The number of halogens is 3. The molecule has 6 nitrogen and oxygen atoms in total. The zero-order valence-electron chi connectivity index (χ0n) is 16.7. The van der Waals surface area contributed by atoms with Gasteiger partial charge in [-0.1, -0.05) is 53.0 Å². The van der Waals surface area contributed by atoms with E-state index in [2.05, 4.69) is 5.32 Å². The molecule has 10 heteroatoms. The summed E-state index contributed by atoms with van der Waals surface area (Å²) in [6.45, 7) is 1.09. The Bertz CT molecular complexity index is 1030. The molecule has 1 heterocycles. The van der Waals surface area contributed by atoms with Crippen molar-refractivity contribution in [2.24, 2.45) is 5.92 Å². The van der Waals surface area contributed by atoms with Gasteiger partial charge in [-0.15, -0.1) is 0 Å². The molecule has 1 aliphatic rings. The van der Waals surface area contributed by atoms with Crippen LogP contribution >= 0.6 is 34.8 Å². The topological polar surface area (TPSA) is 75.7 Å². The Labute approximate surface area is 197 Å². The lowest BCUT2D eigenvalue weighted by molar-refractivity contribution is -0.126. The average Bonchev–Trinajstić information content (AvgIpc) is 2.74. The summed E-state index contributed by atoms with van der Waals surface area (Å²) in [5.41, 5.74) is 0.481. The molecule has 2 aromatic carbocycles. The van der Waals surface area contributed by atoms with E-state index in [1.807, 2.05) is 6.07 Å². The van der Waals surface area contributed by atoms with Gasteiger partial charge in [0.15, 0.2) is 0 Å². The van der Waals surface area contributed by atoms with Crippen LogP contribution in [0.1, 0.15) is 18.4 Å². The lowest BCUT2D eigenvalue weighted by Crippen LogP contribution is -2.46. The largest absolute Gasteiger partial charge is 0.490 e. The summed E-state index contributed by atoms with van der Waals surface area (Å²) in [7, 11) is -3.62. The molecule has 0 aliphatic carbocycles. The van der Waals surface area contributed by atoms with E-state index < -0.39 is 15.9 Å². The van der Waals surface area contributed by atoms with Crippen molar-refractivity contribution < 1.29 is 17.9 Å². The Morgan fingerprint density at radius 3 is 2.65 bits per heavy atom. The number of amides is 1. The predicted octanol–water partition coefficient (Wildman–Crippen LogP) is 4.38. The number of benzene rings is 2. The first-order valence-electron chi connectivity index (χ1n) is 9.83. The number of carbonyl (C=O) groups is 1. The lowest BCUT2D eigenvalue weighted by Gasteiger charge is -2.31. The number of hydrogen-bond donors (Lipinski definition) is 1. The molecule has 0 bridgehead atoms. The van der Waals surface area contributed by atoms with Crippen molar-refractivity contribution in [1.82, 2.24) is 9.62 Å². The zero-order valence-corrected chi connectivity index (χ0v) is 19.8. The van der Waals surface area contributed by atoms with Gasteiger partial charge in [-0.05, 0) is 42.7 Å². The Morgan fingerprint density at radius 1 is 1.13 bits per heavy atom. The van der Waals surface area contributed by atoms with E-state index in [1.54, 1.807) is 30.3 Å². The summed E-state index contributed by atoms with van der Waals surface area (Å²) < 4.78 is 32.7. The summed E-state index contributed by atoms with van der Waals surface area (Å²) >= 11 is 18.0. The third-order valence-electron chi connectivity index (χ3n) is 5.00. The second-order valence-corrected chi connectivity index (χ2v) is 10.5. The maximum atomic E-state index is 12.9. The van der Waals surface area contributed by atoms with Crippen LogP contribution in [0.25, 0.3) is 0 Å². The highest BCUT2D eigenvalue weighted by Gasteiger charge is 2.32. The van der Waals surface area contributed by atoms with Crippen molar-refractivity contribution in [1.29, 1.82) is 0 Å². The van der Waals surface area contributed by atoms with Crippen LogP contribution in [0.2, 0.25) is 15.1 Å². The fourth-order valence-corrected chi connectivity index (χ4v) is 5.76. The highest BCUT2D eigenvalue weighted by Crippen LogP contribution is 2.26. The standard InChI is InChI=1S/C21H23Cl3N2O4S/c22-17-8-7-16(19(24)12-17)14-31(28,29)26-10-3-4-15(13-26)21(27)25-9-11-30-20-6-2-1-5-18(20)23/h1-2,5-8,12,15H,3-4,9-11,13-14H2,(H,25,27). The number of carbonyl (C=O) groups excluding carboxylic acids is 1. The van der Waals surface area contributed by atoms with Gasteiger partial charge in [0.2, 0.25) is 15.9 Å². The molecule has 0 saturated carbocycles. The minimum absolute atomic E-state index is 0.144. The first-order valence-corrected chi connectivity index (χ1v) is 12.6. The van der Waals surface area contributed by atoms with Crippen LogP contribution < -0.4 is 10.1 Å². The van der Waals surface area contributed by atoms with E-state index >= 15 is 0 Å². The highest BCUT2D eigenvalue weighted by atomic mass is 35.5. The summed E-state index contributed by atoms with van der Waals surface area (Å²) in [5.74, 6) is -0.283. The smallest absolute Gasteiger partial charge is 0.224 e. The first-order chi connectivity index (χ1) is 14.8. The Hall–Kier alpha value is -1.51. The van der Waals surface area contributed by atoms with Crippen molar-refractivity contribution in [3.63, 3.8) is 0 Å². The number of rotatable bonds is 8. The number of ether oxygens (including phenoxy) is 1. The molecular weight excluding hydrogens is 483 g/mol. The third-order valence-corrected chi connectivity index (χ3v) is 7.69. The summed E-state index contributed by atoms with van der Waals surface area (Å²) in [5, 5.41) is 4.07. The van der Waals surface area contributed by atoms with E-state index in [0.717, 1.165) is 0 Å². The van der Waals surface area contributed by atoms with Gasteiger partial charge in [-0.2, -0.15) is 0 Å². The van der Waals surface area contributed by atoms with E-state index in [0.29, 0.717) is 52.3 Å². The molecule has 0 aromatic heterocycles. The molecule has 1 atom stereocenters. The van der Waals surface area contributed by atoms with Crippen LogP contribution in [0.4, 0.5) is 0 Å². The second-order valence-electron chi connectivity index (χ2n) is 7.26. The van der Waals surface area contributed by atoms with E-state index in [9.17, 15) is 13.2 Å². The molecule has 1 aliphatic heterocycles. The number of sulfonamides is 1. The second kappa shape index (κ2) is 10.9. The van der Waals surface area contributed by atoms with Crippen molar-refractivity contribution in [2.45, 2.75) is 18.6 Å². The Kier molecular flexibility index (Phi) is 8.47. The molecule has 168 valence electrons. The number of nitrogens with one attached hydrogen (secondary N) is 1. The lowest BCUT2D eigenvalue weighted by atomic mass is 9.99. The van der Waals surface area contributed by atoms with Crippen LogP contribution in [-0.2, 0) is 20.6 Å².